The summed E-state index contributed by atoms with van der Waals surface area (Å²) >= 11 is 1.84. The van der Waals surface area contributed by atoms with Gasteiger partial charge < -0.3 is 15.1 Å². The smallest absolute Gasteiger partial charge is 0.317 e. The molecular weight excluding hydrogens is 270 g/mol. The van der Waals surface area contributed by atoms with Crippen molar-refractivity contribution in [3.05, 3.63) is 0 Å². The second-order valence-electron chi connectivity index (χ2n) is 6.35. The van der Waals surface area contributed by atoms with Crippen LogP contribution < -0.4 is 5.32 Å². The monoisotopic (exact) mass is 299 g/mol. The van der Waals surface area contributed by atoms with Gasteiger partial charge in [-0.25, -0.2) is 4.79 Å². The molecule has 20 heavy (non-hydrogen) atoms. The molecule has 2 saturated heterocycles. The molecular formula is C15H29N3OS. The first-order valence-corrected chi connectivity index (χ1v) is 9.25. The van der Waals surface area contributed by atoms with Gasteiger partial charge in [0.25, 0.3) is 0 Å². The molecule has 2 heterocycles. The highest BCUT2D eigenvalue weighted by Crippen LogP contribution is 2.30. The summed E-state index contributed by atoms with van der Waals surface area (Å²) in [6.07, 6.45) is 6.73. The predicted molar refractivity (Wildman–Crippen MR) is 86.3 cm³/mol. The maximum absolute atomic E-state index is 12.5. The number of likely N-dealkylation sites (tertiary alicyclic amines) is 2. The van der Waals surface area contributed by atoms with Gasteiger partial charge in [-0.05, 0) is 64.1 Å². The van der Waals surface area contributed by atoms with Gasteiger partial charge in [-0.3, -0.25) is 0 Å². The molecule has 2 rings (SSSR count). The van der Waals surface area contributed by atoms with Crippen molar-refractivity contribution in [2.24, 2.45) is 5.92 Å². The number of hydrogen-bond donors (Lipinski definition) is 1. The molecule has 2 aliphatic heterocycles. The standard InChI is InChI=1S/C15H29N3OS/c1-12(7-10-20-3)16-15(19)18-8-4-5-13-11-17(2)9-6-14(13)18/h12-14H,4-11H2,1-3H3,(H,16,19)/t12-,13-,14+/m0/s1. The maximum atomic E-state index is 12.5. The fourth-order valence-electron chi connectivity index (χ4n) is 3.50. The third-order valence-electron chi connectivity index (χ3n) is 4.66. The molecule has 3 atom stereocenters. The van der Waals surface area contributed by atoms with Crippen molar-refractivity contribution in [1.29, 1.82) is 0 Å². The summed E-state index contributed by atoms with van der Waals surface area (Å²) in [7, 11) is 2.19. The first-order valence-electron chi connectivity index (χ1n) is 7.86. The molecule has 2 amide bonds. The topological polar surface area (TPSA) is 35.6 Å². The average molecular weight is 299 g/mol. The highest BCUT2D eigenvalue weighted by atomic mass is 32.2. The van der Waals surface area contributed by atoms with E-state index in [0.29, 0.717) is 12.0 Å². The van der Waals surface area contributed by atoms with Crippen LogP contribution in [-0.2, 0) is 0 Å². The molecule has 1 N–H and O–H groups in total. The minimum atomic E-state index is 0.165. The predicted octanol–water partition coefficient (Wildman–Crippen LogP) is 2.25. The van der Waals surface area contributed by atoms with Gasteiger partial charge >= 0.3 is 6.03 Å². The van der Waals surface area contributed by atoms with Crippen molar-refractivity contribution in [3.63, 3.8) is 0 Å². The Morgan fingerprint density at radius 1 is 1.40 bits per heavy atom. The van der Waals surface area contributed by atoms with Crippen molar-refractivity contribution in [1.82, 2.24) is 15.1 Å². The van der Waals surface area contributed by atoms with Gasteiger partial charge in [0.05, 0.1) is 0 Å². The van der Waals surface area contributed by atoms with Crippen LogP contribution in [0.3, 0.4) is 0 Å². The Morgan fingerprint density at radius 3 is 2.95 bits per heavy atom. The highest BCUT2D eigenvalue weighted by Gasteiger charge is 2.37. The Morgan fingerprint density at radius 2 is 2.20 bits per heavy atom. The van der Waals surface area contributed by atoms with E-state index < -0.39 is 0 Å². The highest BCUT2D eigenvalue weighted by molar-refractivity contribution is 7.98. The third-order valence-corrected chi connectivity index (χ3v) is 5.30. The van der Waals surface area contributed by atoms with Crippen LogP contribution in [0.4, 0.5) is 4.79 Å². The number of carbonyl (C=O) groups is 1. The minimum absolute atomic E-state index is 0.165. The van der Waals surface area contributed by atoms with Crippen LogP contribution in [0.1, 0.15) is 32.6 Å². The molecule has 0 aromatic carbocycles. The van der Waals surface area contributed by atoms with Gasteiger partial charge in [-0.1, -0.05) is 0 Å². The number of carbonyl (C=O) groups excluding carboxylic acids is 1. The zero-order valence-electron chi connectivity index (χ0n) is 13.1. The number of fused-ring (bicyclic) bond motifs is 1. The lowest BCUT2D eigenvalue weighted by atomic mass is 9.84. The summed E-state index contributed by atoms with van der Waals surface area (Å²) in [5.74, 6) is 1.79. The largest absolute Gasteiger partial charge is 0.335 e. The molecule has 2 fully saturated rings. The van der Waals surface area contributed by atoms with Crippen LogP contribution >= 0.6 is 11.8 Å². The van der Waals surface area contributed by atoms with E-state index in [4.69, 9.17) is 0 Å². The van der Waals surface area contributed by atoms with Crippen molar-refractivity contribution >= 4 is 17.8 Å². The first kappa shape index (κ1) is 16.0. The van der Waals surface area contributed by atoms with E-state index in [1.54, 1.807) is 0 Å². The number of nitrogens with zero attached hydrogens (tertiary/aromatic N) is 2. The van der Waals surface area contributed by atoms with Gasteiger partial charge in [0, 0.05) is 25.2 Å². The molecule has 0 aromatic rings. The Labute approximate surface area is 127 Å². The van der Waals surface area contributed by atoms with Gasteiger partial charge in [0.15, 0.2) is 0 Å². The summed E-state index contributed by atoms with van der Waals surface area (Å²) in [6, 6.07) is 0.909. The van der Waals surface area contributed by atoms with E-state index >= 15 is 0 Å². The molecule has 0 unspecified atom stereocenters. The van der Waals surface area contributed by atoms with Crippen molar-refractivity contribution in [3.8, 4) is 0 Å². The van der Waals surface area contributed by atoms with E-state index in [9.17, 15) is 4.79 Å². The van der Waals surface area contributed by atoms with Gasteiger partial charge in [-0.15, -0.1) is 0 Å². The maximum Gasteiger partial charge on any atom is 0.317 e. The number of thioether (sulfide) groups is 1. The normalized spacial score (nSPS) is 28.9. The van der Waals surface area contributed by atoms with E-state index in [1.807, 2.05) is 11.8 Å². The van der Waals surface area contributed by atoms with Gasteiger partial charge in [-0.2, -0.15) is 11.8 Å². The zero-order chi connectivity index (χ0) is 14.5. The van der Waals surface area contributed by atoms with Crippen LogP contribution in [0, 0.1) is 5.92 Å². The molecule has 5 heteroatoms. The number of rotatable bonds is 4. The lowest BCUT2D eigenvalue weighted by Crippen LogP contribution is -2.58. The second kappa shape index (κ2) is 7.55. The average Bonchev–Trinajstić information content (AvgIpc) is 2.44. The molecule has 0 aromatic heterocycles. The van der Waals surface area contributed by atoms with Crippen molar-refractivity contribution in [2.75, 3.05) is 38.7 Å². The summed E-state index contributed by atoms with van der Waals surface area (Å²) in [4.78, 5) is 17.0. The first-order chi connectivity index (χ1) is 9.61. The molecule has 0 spiro atoms. The number of piperidine rings is 2. The molecule has 2 aliphatic rings. The molecule has 0 bridgehead atoms. The fraction of sp³-hybridized carbons (Fsp3) is 0.933. The third kappa shape index (κ3) is 4.04. The summed E-state index contributed by atoms with van der Waals surface area (Å²) < 4.78 is 0. The van der Waals surface area contributed by atoms with E-state index in [1.165, 1.54) is 6.42 Å². The van der Waals surface area contributed by atoms with E-state index in [-0.39, 0.29) is 12.1 Å². The van der Waals surface area contributed by atoms with Crippen LogP contribution in [0.5, 0.6) is 0 Å². The number of urea groups is 1. The number of nitrogens with one attached hydrogen (secondary N) is 1. The Bertz CT molecular complexity index is 326. The van der Waals surface area contributed by atoms with Gasteiger partial charge in [0.1, 0.15) is 0 Å². The summed E-state index contributed by atoms with van der Waals surface area (Å²) in [5.41, 5.74) is 0. The Kier molecular flexibility index (Phi) is 6.02. The fourth-order valence-corrected chi connectivity index (χ4v) is 4.09. The van der Waals surface area contributed by atoms with Crippen LogP contribution in [0.2, 0.25) is 0 Å². The Balaban J connectivity index is 1.88. The van der Waals surface area contributed by atoms with Crippen molar-refractivity contribution < 1.29 is 4.79 Å². The van der Waals surface area contributed by atoms with Crippen LogP contribution in [-0.4, -0.2) is 66.6 Å². The quantitative estimate of drug-likeness (QED) is 0.865. The van der Waals surface area contributed by atoms with Crippen LogP contribution in [0.15, 0.2) is 0 Å². The molecule has 0 radical (unpaired) electrons. The van der Waals surface area contributed by atoms with Crippen LogP contribution in [0.25, 0.3) is 0 Å². The minimum Gasteiger partial charge on any atom is -0.335 e. The lowest BCUT2D eigenvalue weighted by Gasteiger charge is -2.46. The van der Waals surface area contributed by atoms with E-state index in [0.717, 1.165) is 44.6 Å². The van der Waals surface area contributed by atoms with Crippen molar-refractivity contribution in [2.45, 2.75) is 44.7 Å². The molecule has 0 aliphatic carbocycles. The Hall–Kier alpha value is -0.420. The van der Waals surface area contributed by atoms with E-state index in [2.05, 4.69) is 35.3 Å². The molecule has 4 nitrogen and oxygen atoms in total. The number of hydrogen-bond acceptors (Lipinski definition) is 3. The van der Waals surface area contributed by atoms with Gasteiger partial charge in [0.2, 0.25) is 0 Å². The summed E-state index contributed by atoms with van der Waals surface area (Å²) in [5, 5.41) is 3.19. The molecule has 116 valence electrons. The SMILES string of the molecule is CSCC[C@H](C)NC(=O)N1CCC[C@H]2CN(C)CC[C@H]21. The zero-order valence-corrected chi connectivity index (χ0v) is 13.9. The summed E-state index contributed by atoms with van der Waals surface area (Å²) in [6.45, 7) is 5.32. The second-order valence-corrected chi connectivity index (χ2v) is 7.33. The number of amides is 2. The molecule has 0 saturated carbocycles. The lowest BCUT2D eigenvalue weighted by molar-refractivity contribution is 0.0525.